The molecule has 7 nitrogen and oxygen atoms in total. The summed E-state index contributed by atoms with van der Waals surface area (Å²) in [5.41, 5.74) is 1.29. The second-order valence-electron chi connectivity index (χ2n) is 6.77. The summed E-state index contributed by atoms with van der Waals surface area (Å²) in [5, 5.41) is 0. The van der Waals surface area contributed by atoms with Crippen molar-refractivity contribution in [2.24, 2.45) is 0 Å². The maximum absolute atomic E-state index is 12.8. The standard InChI is InChI=1S/C25H20O7/c1-28-19-9-5-4-8-18(19)25(27)31-16-11-12-17-21(14-16)32-22(23(17)26)13-15-7-6-10-20(29-2)24(15)30-3/h4-14H,1-3H3. The monoisotopic (exact) mass is 432 g/mol. The molecule has 1 heterocycles. The summed E-state index contributed by atoms with van der Waals surface area (Å²) in [4.78, 5) is 25.4. The molecule has 0 aromatic heterocycles. The molecule has 0 atom stereocenters. The third-order valence-electron chi connectivity index (χ3n) is 4.90. The minimum absolute atomic E-state index is 0.125. The molecular weight excluding hydrogens is 412 g/mol. The fourth-order valence-electron chi connectivity index (χ4n) is 3.37. The average Bonchev–Trinajstić information content (AvgIpc) is 3.13. The van der Waals surface area contributed by atoms with Gasteiger partial charge in [0.25, 0.3) is 0 Å². The Balaban J connectivity index is 1.59. The Labute approximate surface area is 184 Å². The van der Waals surface area contributed by atoms with Gasteiger partial charge in [-0.1, -0.05) is 24.3 Å². The van der Waals surface area contributed by atoms with Crippen LogP contribution in [0.3, 0.4) is 0 Å². The molecule has 0 radical (unpaired) electrons. The predicted molar refractivity (Wildman–Crippen MR) is 117 cm³/mol. The minimum atomic E-state index is -0.580. The number of Topliss-reactive ketones (excluding diaryl/α,β-unsaturated/α-hetero) is 1. The Bertz CT molecular complexity index is 1230. The van der Waals surface area contributed by atoms with Crippen LogP contribution in [0.2, 0.25) is 0 Å². The third-order valence-corrected chi connectivity index (χ3v) is 4.90. The summed E-state index contributed by atoms with van der Waals surface area (Å²) >= 11 is 0. The maximum atomic E-state index is 12.8. The molecule has 0 unspecified atom stereocenters. The van der Waals surface area contributed by atoms with Gasteiger partial charge in [0.15, 0.2) is 17.3 Å². The first-order valence-electron chi connectivity index (χ1n) is 9.70. The number of ether oxygens (including phenoxy) is 5. The van der Waals surface area contributed by atoms with Crippen molar-refractivity contribution in [3.63, 3.8) is 0 Å². The zero-order valence-corrected chi connectivity index (χ0v) is 17.7. The molecule has 3 aromatic rings. The van der Waals surface area contributed by atoms with Crippen LogP contribution in [0.4, 0.5) is 0 Å². The highest BCUT2D eigenvalue weighted by Gasteiger charge is 2.29. The number of carbonyl (C=O) groups excluding carboxylic acids is 2. The van der Waals surface area contributed by atoms with E-state index in [1.807, 2.05) is 0 Å². The predicted octanol–water partition coefficient (Wildman–Crippen LogP) is 4.55. The summed E-state index contributed by atoms with van der Waals surface area (Å²) in [7, 11) is 4.54. The third kappa shape index (κ3) is 3.88. The number of hydrogen-bond donors (Lipinski definition) is 0. The van der Waals surface area contributed by atoms with Crippen LogP contribution >= 0.6 is 0 Å². The van der Waals surface area contributed by atoms with Gasteiger partial charge in [0.05, 0.1) is 26.9 Å². The first kappa shape index (κ1) is 21.0. The van der Waals surface area contributed by atoms with Crippen LogP contribution in [0, 0.1) is 0 Å². The summed E-state index contributed by atoms with van der Waals surface area (Å²) < 4.78 is 27.1. The minimum Gasteiger partial charge on any atom is -0.496 e. The van der Waals surface area contributed by atoms with Gasteiger partial charge in [0, 0.05) is 11.6 Å². The molecule has 0 aliphatic carbocycles. The van der Waals surface area contributed by atoms with Crippen LogP contribution in [-0.4, -0.2) is 33.1 Å². The SMILES string of the molecule is COc1ccccc1C(=O)Oc1ccc2c(c1)OC(=Cc1cccc(OC)c1OC)C2=O. The molecule has 0 fully saturated rings. The van der Waals surface area contributed by atoms with Gasteiger partial charge in [-0.05, 0) is 36.4 Å². The van der Waals surface area contributed by atoms with E-state index in [1.54, 1.807) is 60.7 Å². The second-order valence-corrected chi connectivity index (χ2v) is 6.77. The molecule has 1 aliphatic rings. The number of ketones is 1. The molecule has 1 aliphatic heterocycles. The lowest BCUT2D eigenvalue weighted by atomic mass is 10.1. The highest BCUT2D eigenvalue weighted by atomic mass is 16.5. The van der Waals surface area contributed by atoms with Gasteiger partial charge < -0.3 is 23.7 Å². The molecule has 0 N–H and O–H groups in total. The lowest BCUT2D eigenvalue weighted by molar-refractivity contribution is 0.0731. The van der Waals surface area contributed by atoms with E-state index < -0.39 is 5.97 Å². The number of carbonyl (C=O) groups is 2. The number of hydrogen-bond acceptors (Lipinski definition) is 7. The summed E-state index contributed by atoms with van der Waals surface area (Å²) in [6, 6.07) is 16.7. The van der Waals surface area contributed by atoms with E-state index in [0.717, 1.165) is 0 Å². The van der Waals surface area contributed by atoms with Gasteiger partial charge in [-0.3, -0.25) is 4.79 Å². The average molecular weight is 432 g/mol. The van der Waals surface area contributed by atoms with Crippen LogP contribution in [0.15, 0.2) is 66.4 Å². The molecule has 4 rings (SSSR count). The van der Waals surface area contributed by atoms with Crippen molar-refractivity contribution in [1.29, 1.82) is 0 Å². The van der Waals surface area contributed by atoms with Gasteiger partial charge in [-0.2, -0.15) is 0 Å². The van der Waals surface area contributed by atoms with Crippen LogP contribution in [0.25, 0.3) is 6.08 Å². The van der Waals surface area contributed by atoms with E-state index >= 15 is 0 Å². The summed E-state index contributed by atoms with van der Waals surface area (Å²) in [5.74, 6) is 1.23. The second kappa shape index (κ2) is 8.85. The topological polar surface area (TPSA) is 80.3 Å². The van der Waals surface area contributed by atoms with Crippen molar-refractivity contribution in [1.82, 2.24) is 0 Å². The number of rotatable bonds is 6. The Hall–Kier alpha value is -4.26. The summed E-state index contributed by atoms with van der Waals surface area (Å²) in [6.07, 6.45) is 1.59. The quantitative estimate of drug-likeness (QED) is 0.321. The molecule has 0 saturated heterocycles. The fourth-order valence-corrected chi connectivity index (χ4v) is 3.37. The van der Waals surface area contributed by atoms with Gasteiger partial charge >= 0.3 is 5.97 Å². The molecule has 0 bridgehead atoms. The van der Waals surface area contributed by atoms with Crippen molar-refractivity contribution in [2.45, 2.75) is 0 Å². The van der Waals surface area contributed by atoms with Gasteiger partial charge in [0.2, 0.25) is 5.78 Å². The molecule has 0 spiro atoms. The number of para-hydroxylation sites is 2. The number of esters is 1. The van der Waals surface area contributed by atoms with Crippen molar-refractivity contribution in [3.05, 3.63) is 83.1 Å². The van der Waals surface area contributed by atoms with Crippen LogP contribution in [-0.2, 0) is 0 Å². The van der Waals surface area contributed by atoms with E-state index in [-0.39, 0.29) is 22.9 Å². The van der Waals surface area contributed by atoms with Crippen molar-refractivity contribution >= 4 is 17.8 Å². The van der Waals surface area contributed by atoms with E-state index in [1.165, 1.54) is 27.4 Å². The van der Waals surface area contributed by atoms with Crippen molar-refractivity contribution < 1.29 is 33.3 Å². The number of allylic oxidation sites excluding steroid dienone is 1. The number of benzene rings is 3. The lowest BCUT2D eigenvalue weighted by Gasteiger charge is -2.10. The normalized spacial score (nSPS) is 13.3. The van der Waals surface area contributed by atoms with E-state index in [2.05, 4.69) is 0 Å². The van der Waals surface area contributed by atoms with Crippen LogP contribution in [0.1, 0.15) is 26.3 Å². The highest BCUT2D eigenvalue weighted by molar-refractivity contribution is 6.14. The van der Waals surface area contributed by atoms with Crippen molar-refractivity contribution in [3.8, 4) is 28.7 Å². The Morgan fingerprint density at radius 2 is 1.62 bits per heavy atom. The molecule has 162 valence electrons. The van der Waals surface area contributed by atoms with Crippen LogP contribution in [0.5, 0.6) is 28.7 Å². The molecule has 0 amide bonds. The number of fused-ring (bicyclic) bond motifs is 1. The molecule has 7 heteroatoms. The highest BCUT2D eigenvalue weighted by Crippen LogP contribution is 2.38. The Morgan fingerprint density at radius 1 is 0.875 bits per heavy atom. The van der Waals surface area contributed by atoms with Gasteiger partial charge in [-0.25, -0.2) is 4.79 Å². The lowest BCUT2D eigenvalue weighted by Crippen LogP contribution is -2.10. The van der Waals surface area contributed by atoms with E-state index in [0.29, 0.717) is 34.1 Å². The number of methoxy groups -OCH3 is 3. The van der Waals surface area contributed by atoms with Gasteiger partial charge in [-0.15, -0.1) is 0 Å². The molecule has 0 saturated carbocycles. The summed E-state index contributed by atoms with van der Waals surface area (Å²) in [6.45, 7) is 0. The van der Waals surface area contributed by atoms with Crippen molar-refractivity contribution in [2.75, 3.05) is 21.3 Å². The van der Waals surface area contributed by atoms with E-state index in [9.17, 15) is 9.59 Å². The Morgan fingerprint density at radius 3 is 2.38 bits per heavy atom. The Kier molecular flexibility index (Phi) is 5.81. The zero-order valence-electron chi connectivity index (χ0n) is 17.7. The zero-order chi connectivity index (χ0) is 22.7. The molecular formula is C25H20O7. The first-order chi connectivity index (χ1) is 15.5. The molecule has 3 aromatic carbocycles. The van der Waals surface area contributed by atoms with Gasteiger partial charge in [0.1, 0.15) is 22.8 Å². The smallest absolute Gasteiger partial charge is 0.347 e. The van der Waals surface area contributed by atoms with Crippen LogP contribution < -0.4 is 23.7 Å². The fraction of sp³-hybridized carbons (Fsp3) is 0.120. The maximum Gasteiger partial charge on any atom is 0.347 e. The largest absolute Gasteiger partial charge is 0.496 e. The molecule has 32 heavy (non-hydrogen) atoms. The first-order valence-corrected chi connectivity index (χ1v) is 9.70. The van der Waals surface area contributed by atoms with E-state index in [4.69, 9.17) is 23.7 Å².